The van der Waals surface area contributed by atoms with Gasteiger partial charge < -0.3 is 0 Å². The van der Waals surface area contributed by atoms with Gasteiger partial charge in [0.15, 0.2) is 0 Å². The fourth-order valence-corrected chi connectivity index (χ4v) is 2.82. The lowest BCUT2D eigenvalue weighted by Crippen LogP contribution is -1.96. The predicted octanol–water partition coefficient (Wildman–Crippen LogP) is 3.57. The second kappa shape index (κ2) is 4.23. The van der Waals surface area contributed by atoms with Crippen LogP contribution in [0.3, 0.4) is 0 Å². The van der Waals surface area contributed by atoms with Gasteiger partial charge in [0.2, 0.25) is 0 Å². The Labute approximate surface area is 84.2 Å². The third-order valence-corrected chi connectivity index (χ3v) is 3.77. The molecule has 1 heterocycles. The Hall–Kier alpha value is -0.370. The van der Waals surface area contributed by atoms with E-state index in [9.17, 15) is 0 Å². The summed E-state index contributed by atoms with van der Waals surface area (Å²) in [7, 11) is 0. The third kappa shape index (κ3) is 2.53. The molecule has 2 heteroatoms. The van der Waals surface area contributed by atoms with Crippen LogP contribution in [0.4, 0.5) is 0 Å². The fourth-order valence-electron chi connectivity index (χ4n) is 2.17. The van der Waals surface area contributed by atoms with Crippen LogP contribution in [0.25, 0.3) is 0 Å². The van der Waals surface area contributed by atoms with Crippen LogP contribution in [0.15, 0.2) is 5.38 Å². The summed E-state index contributed by atoms with van der Waals surface area (Å²) in [4.78, 5) is 4.49. The van der Waals surface area contributed by atoms with Crippen molar-refractivity contribution in [2.24, 2.45) is 5.92 Å². The summed E-state index contributed by atoms with van der Waals surface area (Å²) in [6, 6.07) is 0. The molecular formula is C11H17NS. The summed E-state index contributed by atoms with van der Waals surface area (Å²) < 4.78 is 0. The Kier molecular flexibility index (Phi) is 2.99. The van der Waals surface area contributed by atoms with E-state index in [1.165, 1.54) is 49.2 Å². The van der Waals surface area contributed by atoms with Gasteiger partial charge >= 0.3 is 0 Å². The van der Waals surface area contributed by atoms with Gasteiger partial charge in [-0.1, -0.05) is 25.7 Å². The van der Waals surface area contributed by atoms with Crippen molar-refractivity contribution in [1.82, 2.24) is 4.98 Å². The van der Waals surface area contributed by atoms with Crippen LogP contribution in [0.1, 0.15) is 42.8 Å². The first kappa shape index (κ1) is 9.20. The summed E-state index contributed by atoms with van der Waals surface area (Å²) in [5, 5.41) is 3.42. The van der Waals surface area contributed by atoms with Crippen molar-refractivity contribution in [2.75, 3.05) is 0 Å². The highest BCUT2D eigenvalue weighted by atomic mass is 32.1. The Balaban J connectivity index is 1.78. The van der Waals surface area contributed by atoms with E-state index in [-0.39, 0.29) is 0 Å². The Morgan fingerprint density at radius 2 is 2.23 bits per heavy atom. The first-order valence-corrected chi connectivity index (χ1v) is 6.13. The SMILES string of the molecule is Cc1nc(CCC2CCCC2)cs1. The molecule has 1 aliphatic rings. The van der Waals surface area contributed by atoms with E-state index >= 15 is 0 Å². The van der Waals surface area contributed by atoms with Gasteiger partial charge in [0.25, 0.3) is 0 Å². The molecule has 1 aromatic heterocycles. The van der Waals surface area contributed by atoms with Gasteiger partial charge in [0.1, 0.15) is 0 Å². The molecule has 1 aliphatic carbocycles. The summed E-state index contributed by atoms with van der Waals surface area (Å²) in [6.07, 6.45) is 8.41. The highest BCUT2D eigenvalue weighted by Gasteiger charge is 2.14. The van der Waals surface area contributed by atoms with Crippen LogP contribution >= 0.6 is 11.3 Å². The van der Waals surface area contributed by atoms with Crippen molar-refractivity contribution < 1.29 is 0 Å². The molecule has 0 aromatic carbocycles. The zero-order valence-corrected chi connectivity index (χ0v) is 9.07. The van der Waals surface area contributed by atoms with Crippen molar-refractivity contribution in [3.63, 3.8) is 0 Å². The van der Waals surface area contributed by atoms with Crippen LogP contribution in [0.2, 0.25) is 0 Å². The van der Waals surface area contributed by atoms with Crippen LogP contribution < -0.4 is 0 Å². The van der Waals surface area contributed by atoms with Gasteiger partial charge in [-0.25, -0.2) is 4.98 Å². The molecule has 1 saturated carbocycles. The molecule has 0 atom stereocenters. The maximum Gasteiger partial charge on any atom is 0.0897 e. The molecule has 0 saturated heterocycles. The second-order valence-electron chi connectivity index (χ2n) is 4.05. The minimum absolute atomic E-state index is 1.00. The van der Waals surface area contributed by atoms with E-state index in [0.29, 0.717) is 0 Å². The minimum atomic E-state index is 1.00. The van der Waals surface area contributed by atoms with E-state index in [1.54, 1.807) is 11.3 Å². The van der Waals surface area contributed by atoms with E-state index < -0.39 is 0 Å². The van der Waals surface area contributed by atoms with Crippen LogP contribution in [0, 0.1) is 12.8 Å². The topological polar surface area (TPSA) is 12.9 Å². The first-order valence-electron chi connectivity index (χ1n) is 5.25. The van der Waals surface area contributed by atoms with Gasteiger partial charge in [-0.15, -0.1) is 11.3 Å². The van der Waals surface area contributed by atoms with Crippen LogP contribution in [0.5, 0.6) is 0 Å². The first-order chi connectivity index (χ1) is 6.34. The van der Waals surface area contributed by atoms with E-state index in [1.807, 2.05) is 0 Å². The molecule has 13 heavy (non-hydrogen) atoms. The Bertz CT molecular complexity index is 261. The zero-order valence-electron chi connectivity index (χ0n) is 8.25. The molecule has 72 valence electrons. The molecule has 0 spiro atoms. The van der Waals surface area contributed by atoms with E-state index in [2.05, 4.69) is 17.3 Å². The van der Waals surface area contributed by atoms with Crippen molar-refractivity contribution in [2.45, 2.75) is 45.4 Å². The Morgan fingerprint density at radius 1 is 1.46 bits per heavy atom. The standard InChI is InChI=1S/C11H17NS/c1-9-12-11(8-13-9)7-6-10-4-2-3-5-10/h8,10H,2-7H2,1H3. The number of thiazole rings is 1. The quantitative estimate of drug-likeness (QED) is 0.718. The van der Waals surface area contributed by atoms with Gasteiger partial charge in [-0.3, -0.25) is 0 Å². The third-order valence-electron chi connectivity index (χ3n) is 2.95. The monoisotopic (exact) mass is 195 g/mol. The lowest BCUT2D eigenvalue weighted by molar-refractivity contribution is 0.501. The van der Waals surface area contributed by atoms with Crippen molar-refractivity contribution in [3.05, 3.63) is 16.1 Å². The summed E-state index contributed by atoms with van der Waals surface area (Å²) >= 11 is 1.78. The lowest BCUT2D eigenvalue weighted by atomic mass is 10.0. The highest BCUT2D eigenvalue weighted by molar-refractivity contribution is 7.09. The molecule has 0 radical (unpaired) electrons. The fraction of sp³-hybridized carbons (Fsp3) is 0.727. The van der Waals surface area contributed by atoms with Gasteiger partial charge in [0, 0.05) is 5.38 Å². The summed E-state index contributed by atoms with van der Waals surface area (Å²) in [6.45, 7) is 2.09. The van der Waals surface area contributed by atoms with Crippen LogP contribution in [-0.2, 0) is 6.42 Å². The van der Waals surface area contributed by atoms with Crippen molar-refractivity contribution in [3.8, 4) is 0 Å². The molecule has 1 fully saturated rings. The van der Waals surface area contributed by atoms with Gasteiger partial charge in [0.05, 0.1) is 10.7 Å². The van der Waals surface area contributed by atoms with Crippen molar-refractivity contribution in [1.29, 1.82) is 0 Å². The number of aromatic nitrogens is 1. The molecule has 0 bridgehead atoms. The van der Waals surface area contributed by atoms with E-state index in [0.717, 1.165) is 5.92 Å². The maximum atomic E-state index is 4.49. The molecule has 0 aliphatic heterocycles. The number of aryl methyl sites for hydroxylation is 2. The minimum Gasteiger partial charge on any atom is -0.247 e. The molecule has 1 nitrogen and oxygen atoms in total. The summed E-state index contributed by atoms with van der Waals surface area (Å²) in [5.74, 6) is 1.00. The largest absolute Gasteiger partial charge is 0.247 e. The number of hydrogen-bond acceptors (Lipinski definition) is 2. The normalized spacial score (nSPS) is 18.2. The molecule has 1 aromatic rings. The molecule has 0 N–H and O–H groups in total. The molecule has 0 amide bonds. The number of nitrogens with zero attached hydrogens (tertiary/aromatic N) is 1. The average molecular weight is 195 g/mol. The lowest BCUT2D eigenvalue weighted by Gasteiger charge is -2.05. The van der Waals surface area contributed by atoms with Gasteiger partial charge in [-0.05, 0) is 25.7 Å². The smallest absolute Gasteiger partial charge is 0.0897 e. The van der Waals surface area contributed by atoms with Crippen LogP contribution in [-0.4, -0.2) is 4.98 Å². The predicted molar refractivity (Wildman–Crippen MR) is 57.1 cm³/mol. The van der Waals surface area contributed by atoms with Crippen molar-refractivity contribution >= 4 is 11.3 Å². The second-order valence-corrected chi connectivity index (χ2v) is 5.11. The number of rotatable bonds is 3. The van der Waals surface area contributed by atoms with Gasteiger partial charge in [-0.2, -0.15) is 0 Å². The molecular weight excluding hydrogens is 178 g/mol. The summed E-state index contributed by atoms with van der Waals surface area (Å²) in [5.41, 5.74) is 1.31. The van der Waals surface area contributed by atoms with E-state index in [4.69, 9.17) is 0 Å². The molecule has 0 unspecified atom stereocenters. The Morgan fingerprint density at radius 3 is 2.85 bits per heavy atom. The maximum absolute atomic E-state index is 4.49. The highest BCUT2D eigenvalue weighted by Crippen LogP contribution is 2.28. The zero-order chi connectivity index (χ0) is 9.10. The average Bonchev–Trinajstić information content (AvgIpc) is 2.71. The molecule has 2 rings (SSSR count). The number of hydrogen-bond donors (Lipinski definition) is 0.